The lowest BCUT2D eigenvalue weighted by atomic mass is 9.93. The van der Waals surface area contributed by atoms with Crippen molar-refractivity contribution < 1.29 is 14.3 Å². The molecule has 1 amide bonds. The molecule has 7 heteroatoms. The highest BCUT2D eigenvalue weighted by Gasteiger charge is 2.21. The van der Waals surface area contributed by atoms with Gasteiger partial charge in [-0.15, -0.1) is 0 Å². The number of likely N-dealkylation sites (tertiary alicyclic amines) is 1. The first-order valence-electron chi connectivity index (χ1n) is 10.8. The Hall–Kier alpha value is -2.54. The second-order valence-electron chi connectivity index (χ2n) is 7.87. The lowest BCUT2D eigenvalue weighted by Crippen LogP contribution is -2.36. The van der Waals surface area contributed by atoms with Crippen molar-refractivity contribution in [1.29, 1.82) is 0 Å². The van der Waals surface area contributed by atoms with Crippen molar-refractivity contribution in [2.75, 3.05) is 27.3 Å². The van der Waals surface area contributed by atoms with Crippen LogP contribution in [0.25, 0.3) is 0 Å². The monoisotopic (exact) mass is 414 g/mol. The van der Waals surface area contributed by atoms with Crippen molar-refractivity contribution in [2.24, 2.45) is 5.92 Å². The number of hydrogen-bond acceptors (Lipinski definition) is 5. The van der Waals surface area contributed by atoms with E-state index in [0.717, 1.165) is 55.5 Å². The van der Waals surface area contributed by atoms with Crippen molar-refractivity contribution in [3.05, 3.63) is 42.0 Å². The Kier molecular flexibility index (Phi) is 8.13. The number of piperidine rings is 1. The van der Waals surface area contributed by atoms with Crippen LogP contribution in [0, 0.1) is 5.92 Å². The Morgan fingerprint density at radius 3 is 2.93 bits per heavy atom. The summed E-state index contributed by atoms with van der Waals surface area (Å²) < 4.78 is 12.8. The fourth-order valence-electron chi connectivity index (χ4n) is 4.13. The molecular weight excluding hydrogens is 380 g/mol. The van der Waals surface area contributed by atoms with Crippen LogP contribution in [0.2, 0.25) is 0 Å². The summed E-state index contributed by atoms with van der Waals surface area (Å²) in [5.74, 6) is 3.24. The summed E-state index contributed by atoms with van der Waals surface area (Å²) >= 11 is 0. The summed E-state index contributed by atoms with van der Waals surface area (Å²) in [4.78, 5) is 19.4. The Balaban J connectivity index is 1.43. The zero-order valence-corrected chi connectivity index (χ0v) is 18.4. The Bertz CT molecular complexity index is 821. The van der Waals surface area contributed by atoms with Crippen molar-refractivity contribution in [3.8, 4) is 11.5 Å². The summed E-state index contributed by atoms with van der Waals surface area (Å²) in [6, 6.07) is 5.64. The van der Waals surface area contributed by atoms with Gasteiger partial charge in [-0.2, -0.15) is 0 Å². The van der Waals surface area contributed by atoms with Gasteiger partial charge >= 0.3 is 0 Å². The minimum Gasteiger partial charge on any atom is -0.497 e. The average Bonchev–Trinajstić information content (AvgIpc) is 3.23. The highest BCUT2D eigenvalue weighted by Crippen LogP contribution is 2.25. The van der Waals surface area contributed by atoms with Crippen LogP contribution < -0.4 is 14.8 Å². The average molecular weight is 415 g/mol. The Labute approximate surface area is 179 Å². The smallest absolute Gasteiger partial charge is 0.220 e. The molecule has 1 fully saturated rings. The first kappa shape index (κ1) is 22.2. The third-order valence-corrected chi connectivity index (χ3v) is 5.86. The van der Waals surface area contributed by atoms with Gasteiger partial charge in [0, 0.05) is 50.1 Å². The van der Waals surface area contributed by atoms with E-state index in [0.29, 0.717) is 18.9 Å². The number of amides is 1. The van der Waals surface area contributed by atoms with Crippen LogP contribution in [-0.2, 0) is 24.4 Å². The van der Waals surface area contributed by atoms with Gasteiger partial charge in [0.2, 0.25) is 5.91 Å². The van der Waals surface area contributed by atoms with Crippen molar-refractivity contribution in [1.82, 2.24) is 19.8 Å². The lowest BCUT2D eigenvalue weighted by molar-refractivity contribution is -0.121. The highest BCUT2D eigenvalue weighted by atomic mass is 16.5. The number of hydrogen-bond donors (Lipinski definition) is 1. The third kappa shape index (κ3) is 5.98. The van der Waals surface area contributed by atoms with Gasteiger partial charge in [0.1, 0.15) is 17.3 Å². The van der Waals surface area contributed by atoms with E-state index in [1.807, 2.05) is 30.6 Å². The van der Waals surface area contributed by atoms with Crippen molar-refractivity contribution >= 4 is 5.91 Å². The molecule has 3 rings (SSSR count). The molecule has 1 unspecified atom stereocenters. The summed E-state index contributed by atoms with van der Waals surface area (Å²) in [6.07, 6.45) is 7.77. The van der Waals surface area contributed by atoms with Crippen molar-refractivity contribution in [3.63, 3.8) is 0 Å². The minimum atomic E-state index is 0.0894. The van der Waals surface area contributed by atoms with Gasteiger partial charge in [0.15, 0.2) is 0 Å². The molecule has 164 valence electrons. The van der Waals surface area contributed by atoms with E-state index in [9.17, 15) is 4.79 Å². The quantitative estimate of drug-likeness (QED) is 0.646. The molecule has 2 aromatic rings. The number of carbonyl (C=O) groups excluding carboxylic acids is 1. The van der Waals surface area contributed by atoms with E-state index >= 15 is 0 Å². The largest absolute Gasteiger partial charge is 0.497 e. The molecule has 30 heavy (non-hydrogen) atoms. The van der Waals surface area contributed by atoms with Gasteiger partial charge in [-0.3, -0.25) is 9.69 Å². The van der Waals surface area contributed by atoms with Crippen LogP contribution in [-0.4, -0.2) is 47.7 Å². The van der Waals surface area contributed by atoms with Crippen LogP contribution in [0.5, 0.6) is 11.5 Å². The van der Waals surface area contributed by atoms with E-state index in [2.05, 4.69) is 26.7 Å². The molecular formula is C23H34N4O3. The molecule has 1 aromatic carbocycles. The molecule has 2 heterocycles. The van der Waals surface area contributed by atoms with Crippen LogP contribution >= 0.6 is 0 Å². The van der Waals surface area contributed by atoms with Gasteiger partial charge in [0.05, 0.1) is 20.8 Å². The molecule has 0 radical (unpaired) electrons. The van der Waals surface area contributed by atoms with Crippen LogP contribution in [0.4, 0.5) is 0 Å². The number of nitrogens with zero attached hydrogens (tertiary/aromatic N) is 3. The number of ether oxygens (including phenoxy) is 2. The molecule has 0 spiro atoms. The number of rotatable bonds is 10. The minimum absolute atomic E-state index is 0.0894. The molecule has 0 saturated carbocycles. The number of aryl methyl sites for hydroxylation is 1. The van der Waals surface area contributed by atoms with Crippen LogP contribution in [0.1, 0.15) is 44.0 Å². The number of benzene rings is 1. The molecule has 1 aromatic heterocycles. The van der Waals surface area contributed by atoms with Crippen LogP contribution in [0.3, 0.4) is 0 Å². The molecule has 1 aliphatic heterocycles. The van der Waals surface area contributed by atoms with Gasteiger partial charge in [-0.1, -0.05) is 0 Å². The molecule has 1 atom stereocenters. The topological polar surface area (TPSA) is 68.6 Å². The molecule has 1 saturated heterocycles. The summed E-state index contributed by atoms with van der Waals surface area (Å²) in [5, 5.41) is 3.03. The van der Waals surface area contributed by atoms with E-state index in [1.54, 1.807) is 14.2 Å². The SMILES string of the molecule is CCn1ccnc1CN1CCCC(CCC(=O)NCc2ccc(OC)cc2OC)C1. The zero-order valence-electron chi connectivity index (χ0n) is 18.4. The zero-order chi connectivity index (χ0) is 21.3. The number of aromatic nitrogens is 2. The van der Waals surface area contributed by atoms with Gasteiger partial charge in [0.25, 0.3) is 0 Å². The second-order valence-corrected chi connectivity index (χ2v) is 7.87. The van der Waals surface area contributed by atoms with Gasteiger partial charge < -0.3 is 19.4 Å². The fourth-order valence-corrected chi connectivity index (χ4v) is 4.13. The van der Waals surface area contributed by atoms with E-state index < -0.39 is 0 Å². The first-order valence-corrected chi connectivity index (χ1v) is 10.8. The molecule has 0 aliphatic carbocycles. The normalized spacial score (nSPS) is 17.0. The number of carbonyl (C=O) groups is 1. The summed E-state index contributed by atoms with van der Waals surface area (Å²) in [6.45, 7) is 6.59. The fraction of sp³-hybridized carbons (Fsp3) is 0.565. The Morgan fingerprint density at radius 2 is 2.17 bits per heavy atom. The molecule has 1 N–H and O–H groups in total. The first-order chi connectivity index (χ1) is 14.6. The Morgan fingerprint density at radius 1 is 1.30 bits per heavy atom. The van der Waals surface area contributed by atoms with Gasteiger partial charge in [-0.25, -0.2) is 4.98 Å². The van der Waals surface area contributed by atoms with E-state index in [4.69, 9.17) is 9.47 Å². The predicted molar refractivity (Wildman–Crippen MR) is 117 cm³/mol. The van der Waals surface area contributed by atoms with E-state index in [-0.39, 0.29) is 5.91 Å². The second kappa shape index (κ2) is 11.0. The lowest BCUT2D eigenvalue weighted by Gasteiger charge is -2.32. The van der Waals surface area contributed by atoms with Crippen molar-refractivity contribution in [2.45, 2.75) is 52.2 Å². The van der Waals surface area contributed by atoms with Crippen LogP contribution in [0.15, 0.2) is 30.6 Å². The highest BCUT2D eigenvalue weighted by molar-refractivity contribution is 5.75. The molecule has 1 aliphatic rings. The number of nitrogens with one attached hydrogen (secondary N) is 1. The maximum atomic E-state index is 12.4. The maximum Gasteiger partial charge on any atom is 0.220 e. The van der Waals surface area contributed by atoms with E-state index in [1.165, 1.54) is 12.8 Å². The third-order valence-electron chi connectivity index (χ3n) is 5.86. The summed E-state index contributed by atoms with van der Waals surface area (Å²) in [5.41, 5.74) is 0.946. The summed E-state index contributed by atoms with van der Waals surface area (Å²) in [7, 11) is 3.25. The molecule has 0 bridgehead atoms. The number of methoxy groups -OCH3 is 2. The molecule has 7 nitrogen and oxygen atoms in total. The maximum absolute atomic E-state index is 12.4. The number of imidazole rings is 1. The predicted octanol–water partition coefficient (Wildman–Crippen LogP) is 3.23. The van der Waals surface area contributed by atoms with Gasteiger partial charge in [-0.05, 0) is 50.8 Å². The standard InChI is InChI=1S/C23H34N4O3/c1-4-27-13-11-24-22(27)17-26-12-5-6-18(16-26)7-10-23(28)25-15-19-8-9-20(29-2)14-21(19)30-3/h8-9,11,13-14,18H,4-7,10,12,15-17H2,1-3H3,(H,25,28).